The van der Waals surface area contributed by atoms with Crippen LogP contribution in [0.25, 0.3) is 0 Å². The first-order valence-electron chi connectivity index (χ1n) is 3.12. The van der Waals surface area contributed by atoms with Crippen molar-refractivity contribution >= 4 is 28.2 Å². The number of para-hydroxylation sites is 1. The Labute approximate surface area is 75.4 Å². The van der Waals surface area contributed by atoms with Crippen molar-refractivity contribution in [1.82, 2.24) is 0 Å². The number of phenolic OH excluding ortho intramolecular Hbond substituents is 1. The molecular weight excluding hydrogens is 176 g/mol. The van der Waals surface area contributed by atoms with E-state index in [-0.39, 0.29) is 5.75 Å². The van der Waals surface area contributed by atoms with E-state index in [0.717, 1.165) is 9.76 Å². The molecule has 11 heavy (non-hydrogen) atoms. The Bertz CT molecular complexity index is 271. The summed E-state index contributed by atoms with van der Waals surface area (Å²) in [6.07, 6.45) is 1.90. The van der Waals surface area contributed by atoms with Crippen LogP contribution in [0.15, 0.2) is 24.3 Å². The van der Waals surface area contributed by atoms with Crippen molar-refractivity contribution in [2.45, 2.75) is 0 Å². The lowest BCUT2D eigenvalue weighted by Gasteiger charge is -2.01. The number of phenols is 1. The Morgan fingerprint density at radius 3 is 2.64 bits per heavy atom. The predicted octanol–water partition coefficient (Wildman–Crippen LogP) is 2.43. The normalized spacial score (nSPS) is 9.55. The van der Waals surface area contributed by atoms with Crippen molar-refractivity contribution in [3.05, 3.63) is 29.8 Å². The lowest BCUT2D eigenvalue weighted by atomic mass is 10.2. The maximum Gasteiger partial charge on any atom is 0.124 e. The molecule has 0 saturated heterocycles. The third kappa shape index (κ3) is 1.94. The molecule has 1 rings (SSSR count). The van der Waals surface area contributed by atoms with Gasteiger partial charge in [-0.3, -0.25) is 0 Å². The first kappa shape index (κ1) is 8.56. The van der Waals surface area contributed by atoms with Crippen LogP contribution in [0.5, 0.6) is 5.75 Å². The highest BCUT2D eigenvalue weighted by Crippen LogP contribution is 2.20. The highest BCUT2D eigenvalue weighted by molar-refractivity contribution is 8.23. The highest BCUT2D eigenvalue weighted by atomic mass is 32.2. The third-order valence-electron chi connectivity index (χ3n) is 1.31. The van der Waals surface area contributed by atoms with Gasteiger partial charge in [0.1, 0.15) is 5.75 Å². The number of thioether (sulfide) groups is 1. The SMILES string of the molecule is CSC(=S)c1ccccc1O. The number of benzene rings is 1. The van der Waals surface area contributed by atoms with Gasteiger partial charge in [0, 0.05) is 5.56 Å². The smallest absolute Gasteiger partial charge is 0.124 e. The van der Waals surface area contributed by atoms with E-state index in [2.05, 4.69) is 0 Å². The molecule has 0 aliphatic rings. The molecule has 0 spiro atoms. The van der Waals surface area contributed by atoms with E-state index < -0.39 is 0 Å². The topological polar surface area (TPSA) is 20.2 Å². The third-order valence-corrected chi connectivity index (χ3v) is 2.62. The van der Waals surface area contributed by atoms with E-state index in [9.17, 15) is 5.11 Å². The first-order chi connectivity index (χ1) is 5.25. The molecule has 0 fully saturated rings. The molecule has 0 heterocycles. The molecule has 3 heteroatoms. The van der Waals surface area contributed by atoms with Gasteiger partial charge in [0.25, 0.3) is 0 Å². The predicted molar refractivity (Wildman–Crippen MR) is 53.3 cm³/mol. The van der Waals surface area contributed by atoms with Gasteiger partial charge in [-0.15, -0.1) is 11.8 Å². The van der Waals surface area contributed by atoms with Crippen LogP contribution in [-0.4, -0.2) is 15.6 Å². The molecule has 1 aromatic rings. The highest BCUT2D eigenvalue weighted by Gasteiger charge is 2.02. The van der Waals surface area contributed by atoms with Crippen LogP contribution in [0.2, 0.25) is 0 Å². The number of hydrogen-bond donors (Lipinski definition) is 1. The second-order valence-electron chi connectivity index (χ2n) is 2.01. The molecule has 0 amide bonds. The molecule has 0 unspecified atom stereocenters. The Hall–Kier alpha value is -0.540. The molecule has 1 aromatic carbocycles. The van der Waals surface area contributed by atoms with Crippen LogP contribution in [0.1, 0.15) is 5.56 Å². The molecule has 0 atom stereocenters. The van der Waals surface area contributed by atoms with Gasteiger partial charge < -0.3 is 5.11 Å². The second-order valence-corrected chi connectivity index (χ2v) is 3.49. The van der Waals surface area contributed by atoms with Gasteiger partial charge >= 0.3 is 0 Å². The Kier molecular flexibility index (Phi) is 2.91. The van der Waals surface area contributed by atoms with Crippen molar-refractivity contribution in [3.63, 3.8) is 0 Å². The second kappa shape index (κ2) is 3.74. The quantitative estimate of drug-likeness (QED) is 0.677. The summed E-state index contributed by atoms with van der Waals surface area (Å²) in [5.74, 6) is 0.256. The molecule has 58 valence electrons. The zero-order valence-corrected chi connectivity index (χ0v) is 7.71. The van der Waals surface area contributed by atoms with E-state index in [0.29, 0.717) is 0 Å². The van der Waals surface area contributed by atoms with Gasteiger partial charge in [-0.1, -0.05) is 24.4 Å². The molecule has 0 aromatic heterocycles. The maximum absolute atomic E-state index is 9.31. The van der Waals surface area contributed by atoms with Gasteiger partial charge in [-0.25, -0.2) is 0 Å². The van der Waals surface area contributed by atoms with E-state index in [4.69, 9.17) is 12.2 Å². The fraction of sp³-hybridized carbons (Fsp3) is 0.125. The minimum absolute atomic E-state index is 0.256. The van der Waals surface area contributed by atoms with Crippen LogP contribution >= 0.6 is 24.0 Å². The molecular formula is C8H8OS2. The summed E-state index contributed by atoms with van der Waals surface area (Å²) in [4.78, 5) is 0. The van der Waals surface area contributed by atoms with Crippen molar-refractivity contribution in [2.75, 3.05) is 6.26 Å². The van der Waals surface area contributed by atoms with Crippen LogP contribution in [-0.2, 0) is 0 Å². The number of hydrogen-bond acceptors (Lipinski definition) is 3. The minimum atomic E-state index is 0.256. The van der Waals surface area contributed by atoms with Gasteiger partial charge in [-0.05, 0) is 18.4 Å². The Morgan fingerprint density at radius 2 is 2.09 bits per heavy atom. The number of rotatable bonds is 1. The summed E-state index contributed by atoms with van der Waals surface area (Å²) in [5, 5.41) is 9.31. The van der Waals surface area contributed by atoms with Gasteiger partial charge in [0.05, 0.1) is 4.20 Å². The lowest BCUT2D eigenvalue weighted by molar-refractivity contribution is 0.474. The van der Waals surface area contributed by atoms with E-state index in [1.54, 1.807) is 12.1 Å². The number of aromatic hydroxyl groups is 1. The zero-order valence-electron chi connectivity index (χ0n) is 6.07. The van der Waals surface area contributed by atoms with Gasteiger partial charge in [0.2, 0.25) is 0 Å². The zero-order chi connectivity index (χ0) is 8.27. The number of thiocarbonyl (C=S) groups is 1. The van der Waals surface area contributed by atoms with Gasteiger partial charge in [0.15, 0.2) is 0 Å². The summed E-state index contributed by atoms with van der Waals surface area (Å²) < 4.78 is 0.725. The summed E-state index contributed by atoms with van der Waals surface area (Å²) in [6, 6.07) is 7.09. The van der Waals surface area contributed by atoms with Crippen LogP contribution < -0.4 is 0 Å². The molecule has 1 nitrogen and oxygen atoms in total. The first-order valence-corrected chi connectivity index (χ1v) is 4.75. The molecule has 0 aliphatic heterocycles. The molecule has 1 N–H and O–H groups in total. The average Bonchev–Trinajstić information content (AvgIpc) is 2.04. The molecule has 0 saturated carbocycles. The summed E-state index contributed by atoms with van der Waals surface area (Å²) in [7, 11) is 0. The minimum Gasteiger partial charge on any atom is -0.507 e. The van der Waals surface area contributed by atoms with Gasteiger partial charge in [-0.2, -0.15) is 0 Å². The molecule has 0 radical (unpaired) electrons. The maximum atomic E-state index is 9.31. The van der Waals surface area contributed by atoms with Crippen LogP contribution in [0, 0.1) is 0 Å². The lowest BCUT2D eigenvalue weighted by Crippen LogP contribution is -1.89. The van der Waals surface area contributed by atoms with E-state index >= 15 is 0 Å². The molecule has 0 aliphatic carbocycles. The largest absolute Gasteiger partial charge is 0.507 e. The van der Waals surface area contributed by atoms with Crippen molar-refractivity contribution in [3.8, 4) is 5.75 Å². The Balaban J connectivity index is 3.03. The summed E-state index contributed by atoms with van der Waals surface area (Å²) >= 11 is 6.48. The summed E-state index contributed by atoms with van der Waals surface area (Å²) in [6.45, 7) is 0. The monoisotopic (exact) mass is 184 g/mol. The summed E-state index contributed by atoms with van der Waals surface area (Å²) in [5.41, 5.74) is 0.745. The van der Waals surface area contributed by atoms with E-state index in [1.807, 2.05) is 18.4 Å². The van der Waals surface area contributed by atoms with E-state index in [1.165, 1.54) is 11.8 Å². The van der Waals surface area contributed by atoms with Crippen molar-refractivity contribution in [2.24, 2.45) is 0 Å². The van der Waals surface area contributed by atoms with Crippen molar-refractivity contribution < 1.29 is 5.11 Å². The molecule has 0 bridgehead atoms. The van der Waals surface area contributed by atoms with Crippen LogP contribution in [0.3, 0.4) is 0 Å². The fourth-order valence-electron chi connectivity index (χ4n) is 0.756. The average molecular weight is 184 g/mol. The standard InChI is InChI=1S/C8H8OS2/c1-11-8(10)6-4-2-3-5-7(6)9/h2-5,9H,1H3. The van der Waals surface area contributed by atoms with Crippen LogP contribution in [0.4, 0.5) is 0 Å². The van der Waals surface area contributed by atoms with Crippen molar-refractivity contribution in [1.29, 1.82) is 0 Å². The Morgan fingerprint density at radius 1 is 1.45 bits per heavy atom. The fourth-order valence-corrected chi connectivity index (χ4v) is 1.32.